The molecule has 0 unspecified atom stereocenters. The van der Waals surface area contributed by atoms with Gasteiger partial charge in [0.2, 0.25) is 0 Å². The topological polar surface area (TPSA) is 30.7 Å². The van der Waals surface area contributed by atoms with E-state index < -0.39 is 0 Å². The SMILES string of the molecule is C=C/C(=C\n1ncnc1C=C)CCCCCCCC. The highest BCUT2D eigenvalue weighted by molar-refractivity contribution is 5.44. The summed E-state index contributed by atoms with van der Waals surface area (Å²) in [6.07, 6.45) is 16.0. The van der Waals surface area contributed by atoms with Gasteiger partial charge in [0.05, 0.1) is 0 Å². The van der Waals surface area contributed by atoms with Gasteiger partial charge in [-0.05, 0) is 24.5 Å². The van der Waals surface area contributed by atoms with Crippen LogP contribution < -0.4 is 0 Å². The molecule has 1 rings (SSSR count). The van der Waals surface area contributed by atoms with E-state index in [9.17, 15) is 0 Å². The predicted molar refractivity (Wildman–Crippen MR) is 82.6 cm³/mol. The third-order valence-corrected chi connectivity index (χ3v) is 3.15. The molecule has 0 spiro atoms. The Hall–Kier alpha value is -1.64. The van der Waals surface area contributed by atoms with Crippen LogP contribution in [-0.2, 0) is 0 Å². The number of unbranched alkanes of at least 4 members (excludes halogenated alkanes) is 5. The lowest BCUT2D eigenvalue weighted by atomic mass is 10.1. The Labute approximate surface area is 116 Å². The number of allylic oxidation sites excluding steroid dienone is 2. The Morgan fingerprint density at radius 2 is 1.95 bits per heavy atom. The van der Waals surface area contributed by atoms with Crippen molar-refractivity contribution >= 4 is 12.3 Å². The zero-order chi connectivity index (χ0) is 13.9. The van der Waals surface area contributed by atoms with Crippen LogP contribution in [0.1, 0.15) is 57.7 Å². The van der Waals surface area contributed by atoms with Crippen LogP contribution in [0.5, 0.6) is 0 Å². The van der Waals surface area contributed by atoms with Crippen molar-refractivity contribution in [2.45, 2.75) is 51.9 Å². The van der Waals surface area contributed by atoms with E-state index in [4.69, 9.17) is 0 Å². The fourth-order valence-corrected chi connectivity index (χ4v) is 1.99. The van der Waals surface area contributed by atoms with E-state index in [1.165, 1.54) is 44.1 Å². The molecular weight excluding hydrogens is 234 g/mol. The summed E-state index contributed by atoms with van der Waals surface area (Å²) in [4.78, 5) is 4.11. The van der Waals surface area contributed by atoms with E-state index in [2.05, 4.69) is 30.2 Å². The van der Waals surface area contributed by atoms with Crippen molar-refractivity contribution in [3.63, 3.8) is 0 Å². The van der Waals surface area contributed by atoms with E-state index in [1.807, 2.05) is 12.3 Å². The quantitative estimate of drug-likeness (QED) is 0.450. The van der Waals surface area contributed by atoms with E-state index in [0.29, 0.717) is 0 Å². The van der Waals surface area contributed by atoms with Crippen molar-refractivity contribution in [3.8, 4) is 0 Å². The summed E-state index contributed by atoms with van der Waals surface area (Å²) in [7, 11) is 0. The molecule has 1 aromatic heterocycles. The van der Waals surface area contributed by atoms with E-state index >= 15 is 0 Å². The number of hydrogen-bond acceptors (Lipinski definition) is 2. The first-order valence-electron chi connectivity index (χ1n) is 7.16. The number of hydrogen-bond donors (Lipinski definition) is 0. The summed E-state index contributed by atoms with van der Waals surface area (Å²) in [6.45, 7) is 9.84. The molecule has 0 bridgehead atoms. The van der Waals surface area contributed by atoms with Gasteiger partial charge in [0.25, 0.3) is 0 Å². The van der Waals surface area contributed by atoms with Crippen LogP contribution in [0, 0.1) is 0 Å². The minimum atomic E-state index is 0.766. The third kappa shape index (κ3) is 5.69. The Morgan fingerprint density at radius 1 is 1.21 bits per heavy atom. The van der Waals surface area contributed by atoms with Gasteiger partial charge in [-0.25, -0.2) is 9.67 Å². The lowest BCUT2D eigenvalue weighted by Gasteiger charge is -2.03. The second-order valence-corrected chi connectivity index (χ2v) is 4.69. The molecule has 0 fully saturated rings. The summed E-state index contributed by atoms with van der Waals surface area (Å²) in [5.74, 6) is 0.766. The smallest absolute Gasteiger partial charge is 0.154 e. The van der Waals surface area contributed by atoms with E-state index in [-0.39, 0.29) is 0 Å². The Balaban J connectivity index is 2.41. The second kappa shape index (κ2) is 9.31. The zero-order valence-corrected chi connectivity index (χ0v) is 12.0. The molecule has 0 aliphatic rings. The molecule has 0 saturated carbocycles. The Kier molecular flexibility index (Phi) is 7.56. The van der Waals surface area contributed by atoms with Gasteiger partial charge in [0.1, 0.15) is 6.33 Å². The third-order valence-electron chi connectivity index (χ3n) is 3.15. The first-order chi connectivity index (χ1) is 9.31. The van der Waals surface area contributed by atoms with Crippen molar-refractivity contribution < 1.29 is 0 Å². The molecule has 0 N–H and O–H groups in total. The van der Waals surface area contributed by atoms with Gasteiger partial charge in [-0.15, -0.1) is 0 Å². The normalized spacial score (nSPS) is 11.5. The molecule has 0 aliphatic carbocycles. The van der Waals surface area contributed by atoms with Gasteiger partial charge < -0.3 is 0 Å². The van der Waals surface area contributed by atoms with Gasteiger partial charge >= 0.3 is 0 Å². The maximum Gasteiger partial charge on any atom is 0.154 e. The molecule has 3 heteroatoms. The minimum absolute atomic E-state index is 0.766. The fourth-order valence-electron chi connectivity index (χ4n) is 1.99. The van der Waals surface area contributed by atoms with E-state index in [1.54, 1.807) is 17.1 Å². The molecule has 1 aromatic rings. The van der Waals surface area contributed by atoms with Crippen LogP contribution in [0.2, 0.25) is 0 Å². The molecule has 19 heavy (non-hydrogen) atoms. The van der Waals surface area contributed by atoms with Crippen molar-refractivity contribution in [1.29, 1.82) is 0 Å². The molecule has 1 heterocycles. The highest BCUT2D eigenvalue weighted by Gasteiger charge is 1.99. The number of rotatable bonds is 10. The fraction of sp³-hybridized carbons (Fsp3) is 0.500. The molecular formula is C16H25N3. The summed E-state index contributed by atoms with van der Waals surface area (Å²) < 4.78 is 1.75. The average Bonchev–Trinajstić information content (AvgIpc) is 2.88. The monoisotopic (exact) mass is 259 g/mol. The minimum Gasteiger partial charge on any atom is -0.221 e. The molecule has 104 valence electrons. The predicted octanol–water partition coefficient (Wildman–Crippen LogP) is 4.70. The van der Waals surface area contributed by atoms with Gasteiger partial charge in [0.15, 0.2) is 5.82 Å². The Bertz CT molecular complexity index is 415. The van der Waals surface area contributed by atoms with Gasteiger partial charge in [-0.1, -0.05) is 58.3 Å². The molecule has 0 aromatic carbocycles. The lowest BCUT2D eigenvalue weighted by molar-refractivity contribution is 0.608. The number of nitrogens with zero attached hydrogens (tertiary/aromatic N) is 3. The van der Waals surface area contributed by atoms with Gasteiger partial charge in [0, 0.05) is 6.20 Å². The van der Waals surface area contributed by atoms with Gasteiger partial charge in [-0.2, -0.15) is 5.10 Å². The van der Waals surface area contributed by atoms with Crippen molar-refractivity contribution in [2.75, 3.05) is 0 Å². The van der Waals surface area contributed by atoms with Gasteiger partial charge in [-0.3, -0.25) is 0 Å². The van der Waals surface area contributed by atoms with Crippen LogP contribution in [0.15, 0.2) is 31.1 Å². The highest BCUT2D eigenvalue weighted by Crippen LogP contribution is 2.13. The maximum atomic E-state index is 4.15. The van der Waals surface area contributed by atoms with Crippen molar-refractivity contribution in [1.82, 2.24) is 14.8 Å². The Morgan fingerprint density at radius 3 is 2.63 bits per heavy atom. The molecule has 0 atom stereocenters. The van der Waals surface area contributed by atoms with Crippen LogP contribution in [-0.4, -0.2) is 14.8 Å². The van der Waals surface area contributed by atoms with Crippen LogP contribution in [0.25, 0.3) is 12.3 Å². The summed E-state index contributed by atoms with van der Waals surface area (Å²) in [5.41, 5.74) is 1.20. The molecule has 0 aliphatic heterocycles. The summed E-state index contributed by atoms with van der Waals surface area (Å²) in [6, 6.07) is 0. The molecule has 0 radical (unpaired) electrons. The number of aromatic nitrogens is 3. The largest absolute Gasteiger partial charge is 0.221 e. The second-order valence-electron chi connectivity index (χ2n) is 4.69. The average molecular weight is 259 g/mol. The van der Waals surface area contributed by atoms with Crippen molar-refractivity contribution in [3.05, 3.63) is 37.0 Å². The first-order valence-corrected chi connectivity index (χ1v) is 7.16. The highest BCUT2D eigenvalue weighted by atomic mass is 15.3. The summed E-state index contributed by atoms with van der Waals surface area (Å²) in [5, 5.41) is 4.15. The van der Waals surface area contributed by atoms with Crippen LogP contribution in [0.3, 0.4) is 0 Å². The van der Waals surface area contributed by atoms with E-state index in [0.717, 1.165) is 12.2 Å². The first kappa shape index (κ1) is 15.4. The standard InChI is InChI=1S/C16H25N3/c1-4-7-8-9-10-11-12-15(5-2)13-19-16(6-3)17-14-18-19/h5-6,13-14H,2-4,7-12H2,1H3/b15-13+. The lowest BCUT2D eigenvalue weighted by Crippen LogP contribution is -1.94. The zero-order valence-electron chi connectivity index (χ0n) is 12.0. The molecule has 3 nitrogen and oxygen atoms in total. The van der Waals surface area contributed by atoms with Crippen LogP contribution >= 0.6 is 0 Å². The van der Waals surface area contributed by atoms with Crippen molar-refractivity contribution in [2.24, 2.45) is 0 Å². The summed E-state index contributed by atoms with van der Waals surface area (Å²) >= 11 is 0. The maximum absolute atomic E-state index is 4.15. The molecule has 0 amide bonds. The van der Waals surface area contributed by atoms with Crippen LogP contribution in [0.4, 0.5) is 0 Å². The molecule has 0 saturated heterocycles.